The second kappa shape index (κ2) is 13.3. The lowest BCUT2D eigenvalue weighted by atomic mass is 10.3. The Morgan fingerprint density at radius 2 is 2.08 bits per heavy atom. The molecule has 0 radical (unpaired) electrons. The zero-order valence-corrected chi connectivity index (χ0v) is 9.27. The van der Waals surface area contributed by atoms with Crippen LogP contribution in [-0.2, 0) is 4.74 Å². The van der Waals surface area contributed by atoms with E-state index in [4.69, 9.17) is 4.74 Å². The van der Waals surface area contributed by atoms with Crippen molar-refractivity contribution in [3.63, 3.8) is 0 Å². The molecule has 0 saturated heterocycles. The van der Waals surface area contributed by atoms with Crippen LogP contribution < -0.4 is 0 Å². The summed E-state index contributed by atoms with van der Waals surface area (Å²) in [6.45, 7) is 13.1. The van der Waals surface area contributed by atoms with Crippen LogP contribution in [0, 0.1) is 0 Å². The number of ether oxygens (including phenoxy) is 1. The van der Waals surface area contributed by atoms with Crippen LogP contribution in [0.4, 0.5) is 0 Å². The summed E-state index contributed by atoms with van der Waals surface area (Å²) in [5, 5.41) is 0.890. The Bertz CT molecular complexity index is 130. The predicted molar refractivity (Wildman–Crippen MR) is 59.8 cm³/mol. The van der Waals surface area contributed by atoms with Gasteiger partial charge in [0.15, 0.2) is 0 Å². The Morgan fingerprint density at radius 3 is 2.42 bits per heavy atom. The summed E-state index contributed by atoms with van der Waals surface area (Å²) in [7, 11) is 0. The molecule has 70 valence electrons. The maximum Gasteiger partial charge on any atom is 0.0713 e. The van der Waals surface area contributed by atoms with Gasteiger partial charge in [0.1, 0.15) is 0 Å². The molecule has 0 bridgehead atoms. The van der Waals surface area contributed by atoms with Gasteiger partial charge in [-0.25, -0.2) is 0 Å². The molecule has 0 heterocycles. The van der Waals surface area contributed by atoms with Crippen LogP contribution in [0.1, 0.15) is 6.92 Å². The van der Waals surface area contributed by atoms with Gasteiger partial charge in [0.25, 0.3) is 0 Å². The molecule has 0 unspecified atom stereocenters. The Balaban J connectivity index is 0. The molecule has 0 atom stereocenters. The third-order valence-electron chi connectivity index (χ3n) is 1.12. The summed E-state index contributed by atoms with van der Waals surface area (Å²) in [6.07, 6.45) is 3.81. The van der Waals surface area contributed by atoms with Gasteiger partial charge in [-0.3, -0.25) is 0 Å². The standard InChI is InChI=1S/C8H13BrO.C2H4/c1-3-8(4-2)7-10-6-5-9;1-2/h3-4H,1,5-7H2,2H3;1-2H2/b8-4+;. The first kappa shape index (κ1) is 14.2. The molecule has 0 spiro atoms. The minimum atomic E-state index is 0.672. The van der Waals surface area contributed by atoms with Crippen molar-refractivity contribution in [1.82, 2.24) is 0 Å². The van der Waals surface area contributed by atoms with Crippen molar-refractivity contribution < 1.29 is 4.74 Å². The number of alkyl halides is 1. The van der Waals surface area contributed by atoms with Crippen LogP contribution in [0.15, 0.2) is 37.5 Å². The first-order chi connectivity index (χ1) is 5.85. The highest BCUT2D eigenvalue weighted by Gasteiger charge is 1.88. The largest absolute Gasteiger partial charge is 0.376 e. The van der Waals surface area contributed by atoms with Crippen molar-refractivity contribution in [2.24, 2.45) is 0 Å². The Kier molecular flexibility index (Phi) is 15.7. The Hall–Kier alpha value is -0.340. The van der Waals surface area contributed by atoms with Crippen LogP contribution in [0.25, 0.3) is 0 Å². The van der Waals surface area contributed by atoms with E-state index in [1.807, 2.05) is 19.1 Å². The van der Waals surface area contributed by atoms with Crippen molar-refractivity contribution >= 4 is 15.9 Å². The van der Waals surface area contributed by atoms with E-state index in [-0.39, 0.29) is 0 Å². The molecule has 0 rings (SSSR count). The summed E-state index contributed by atoms with van der Waals surface area (Å²) in [6, 6.07) is 0. The third kappa shape index (κ3) is 9.66. The summed E-state index contributed by atoms with van der Waals surface area (Å²) < 4.78 is 5.24. The van der Waals surface area contributed by atoms with E-state index in [0.29, 0.717) is 6.61 Å². The van der Waals surface area contributed by atoms with Crippen LogP contribution in [0.2, 0.25) is 0 Å². The minimum absolute atomic E-state index is 0.672. The second-order valence-corrected chi connectivity index (χ2v) is 2.60. The Morgan fingerprint density at radius 1 is 1.50 bits per heavy atom. The van der Waals surface area contributed by atoms with Gasteiger partial charge in [0, 0.05) is 5.33 Å². The van der Waals surface area contributed by atoms with E-state index in [9.17, 15) is 0 Å². The lowest BCUT2D eigenvalue weighted by Gasteiger charge is -2.00. The predicted octanol–water partition coefficient (Wildman–Crippen LogP) is 3.33. The zero-order chi connectivity index (χ0) is 9.82. The van der Waals surface area contributed by atoms with E-state index >= 15 is 0 Å². The second-order valence-electron chi connectivity index (χ2n) is 1.81. The average molecular weight is 233 g/mol. The van der Waals surface area contributed by atoms with Gasteiger partial charge in [-0.15, -0.1) is 13.2 Å². The molecule has 2 heteroatoms. The summed E-state index contributed by atoms with van der Waals surface area (Å²) in [4.78, 5) is 0. The maximum atomic E-state index is 5.24. The lowest BCUT2D eigenvalue weighted by molar-refractivity contribution is 0.176. The molecule has 1 nitrogen and oxygen atoms in total. The summed E-state index contributed by atoms with van der Waals surface area (Å²) >= 11 is 3.27. The van der Waals surface area contributed by atoms with Crippen LogP contribution in [0.5, 0.6) is 0 Å². The fourth-order valence-corrected chi connectivity index (χ4v) is 0.734. The van der Waals surface area contributed by atoms with Gasteiger partial charge in [0.05, 0.1) is 13.2 Å². The van der Waals surface area contributed by atoms with Crippen LogP contribution >= 0.6 is 15.9 Å². The van der Waals surface area contributed by atoms with Crippen molar-refractivity contribution in [2.75, 3.05) is 18.5 Å². The normalized spacial score (nSPS) is 10.0. The molecular weight excluding hydrogens is 216 g/mol. The van der Waals surface area contributed by atoms with Crippen molar-refractivity contribution in [3.05, 3.63) is 37.5 Å². The zero-order valence-electron chi connectivity index (χ0n) is 7.68. The molecule has 0 aromatic heterocycles. The average Bonchev–Trinajstić information content (AvgIpc) is 2.16. The number of halogens is 1. The highest BCUT2D eigenvalue weighted by Crippen LogP contribution is 1.95. The highest BCUT2D eigenvalue weighted by molar-refractivity contribution is 9.09. The Labute approximate surface area is 83.9 Å². The monoisotopic (exact) mass is 232 g/mol. The van der Waals surface area contributed by atoms with Gasteiger partial charge >= 0.3 is 0 Å². The van der Waals surface area contributed by atoms with E-state index in [1.165, 1.54) is 0 Å². The summed E-state index contributed by atoms with van der Waals surface area (Å²) in [5.74, 6) is 0. The van der Waals surface area contributed by atoms with Crippen LogP contribution in [0.3, 0.4) is 0 Å². The van der Waals surface area contributed by atoms with Gasteiger partial charge in [-0.1, -0.05) is 34.7 Å². The molecule has 0 aromatic rings. The van der Waals surface area contributed by atoms with Crippen molar-refractivity contribution in [2.45, 2.75) is 6.92 Å². The molecule has 0 aromatic carbocycles. The van der Waals surface area contributed by atoms with Gasteiger partial charge < -0.3 is 4.74 Å². The number of hydrogen-bond donors (Lipinski definition) is 0. The fraction of sp³-hybridized carbons (Fsp3) is 0.400. The van der Waals surface area contributed by atoms with E-state index in [2.05, 4.69) is 35.7 Å². The fourth-order valence-electron chi connectivity index (χ4n) is 0.505. The quantitative estimate of drug-likeness (QED) is 0.306. The minimum Gasteiger partial charge on any atom is -0.376 e. The summed E-state index contributed by atoms with van der Waals surface area (Å²) in [5.41, 5.74) is 1.14. The molecular formula is C10H17BrO. The molecule has 0 saturated carbocycles. The van der Waals surface area contributed by atoms with Crippen molar-refractivity contribution in [1.29, 1.82) is 0 Å². The smallest absolute Gasteiger partial charge is 0.0713 e. The molecule has 12 heavy (non-hydrogen) atoms. The number of rotatable bonds is 5. The molecule has 0 aliphatic carbocycles. The molecule has 0 amide bonds. The highest BCUT2D eigenvalue weighted by atomic mass is 79.9. The van der Waals surface area contributed by atoms with E-state index in [0.717, 1.165) is 17.5 Å². The number of allylic oxidation sites excluding steroid dienone is 1. The first-order valence-corrected chi connectivity index (χ1v) is 4.88. The molecule has 0 aliphatic rings. The van der Waals surface area contributed by atoms with E-state index < -0.39 is 0 Å². The molecule has 0 N–H and O–H groups in total. The lowest BCUT2D eigenvalue weighted by Crippen LogP contribution is -1.98. The number of hydrogen-bond acceptors (Lipinski definition) is 1. The van der Waals surface area contributed by atoms with Crippen molar-refractivity contribution in [3.8, 4) is 0 Å². The molecule has 0 aliphatic heterocycles. The van der Waals surface area contributed by atoms with Crippen LogP contribution in [-0.4, -0.2) is 18.5 Å². The topological polar surface area (TPSA) is 9.23 Å². The third-order valence-corrected chi connectivity index (χ3v) is 1.45. The van der Waals surface area contributed by atoms with E-state index in [1.54, 1.807) is 0 Å². The maximum absolute atomic E-state index is 5.24. The van der Waals surface area contributed by atoms with Gasteiger partial charge in [-0.05, 0) is 12.5 Å². The first-order valence-electron chi connectivity index (χ1n) is 3.76. The van der Waals surface area contributed by atoms with Gasteiger partial charge in [-0.2, -0.15) is 0 Å². The van der Waals surface area contributed by atoms with Gasteiger partial charge in [0.2, 0.25) is 0 Å². The SMILES string of the molecule is C=C.C=C/C(=C\C)COCCBr. The molecule has 0 fully saturated rings.